The van der Waals surface area contributed by atoms with Crippen molar-refractivity contribution in [2.45, 2.75) is 53.4 Å². The monoisotopic (exact) mass is 242 g/mol. The fourth-order valence-electron chi connectivity index (χ4n) is 1.92. The van der Waals surface area contributed by atoms with Gasteiger partial charge in [0, 0.05) is 19.6 Å². The minimum atomic E-state index is -0.0105. The zero-order valence-corrected chi connectivity index (χ0v) is 12.0. The molecule has 3 nitrogen and oxygen atoms in total. The van der Waals surface area contributed by atoms with Gasteiger partial charge in [-0.05, 0) is 18.8 Å². The van der Waals surface area contributed by atoms with E-state index in [4.69, 9.17) is 5.73 Å². The van der Waals surface area contributed by atoms with E-state index in [9.17, 15) is 4.79 Å². The molecule has 0 saturated carbocycles. The zero-order valence-electron chi connectivity index (χ0n) is 12.0. The Balaban J connectivity index is 4.47. The van der Waals surface area contributed by atoms with Crippen LogP contribution in [0.1, 0.15) is 53.4 Å². The molecule has 3 heteroatoms. The summed E-state index contributed by atoms with van der Waals surface area (Å²) in [4.78, 5) is 14.4. The maximum Gasteiger partial charge on any atom is 0.227 e. The second-order valence-corrected chi connectivity index (χ2v) is 5.12. The SMILES string of the molecule is CCCCN(CCCC)C(=O)C(CN)C(C)C. The van der Waals surface area contributed by atoms with Gasteiger partial charge in [0.2, 0.25) is 5.91 Å². The maximum atomic E-state index is 12.4. The predicted octanol–water partition coefficient (Wildman–Crippen LogP) is 2.65. The second kappa shape index (κ2) is 9.46. The fourth-order valence-corrected chi connectivity index (χ4v) is 1.92. The van der Waals surface area contributed by atoms with E-state index in [0.29, 0.717) is 12.5 Å². The van der Waals surface area contributed by atoms with Gasteiger partial charge in [-0.15, -0.1) is 0 Å². The average molecular weight is 242 g/mol. The van der Waals surface area contributed by atoms with E-state index in [2.05, 4.69) is 27.7 Å². The first-order valence-electron chi connectivity index (χ1n) is 7.07. The molecule has 0 spiro atoms. The molecule has 0 bridgehead atoms. The van der Waals surface area contributed by atoms with Crippen molar-refractivity contribution in [3.8, 4) is 0 Å². The molecule has 0 heterocycles. The molecule has 0 rings (SSSR count). The van der Waals surface area contributed by atoms with E-state index in [1.165, 1.54) is 0 Å². The van der Waals surface area contributed by atoms with Crippen molar-refractivity contribution in [2.75, 3.05) is 19.6 Å². The van der Waals surface area contributed by atoms with Gasteiger partial charge >= 0.3 is 0 Å². The highest BCUT2D eigenvalue weighted by Gasteiger charge is 2.25. The molecule has 0 aliphatic rings. The van der Waals surface area contributed by atoms with Gasteiger partial charge in [-0.3, -0.25) is 4.79 Å². The van der Waals surface area contributed by atoms with Crippen LogP contribution in [0.15, 0.2) is 0 Å². The molecular formula is C14H30N2O. The summed E-state index contributed by atoms with van der Waals surface area (Å²) in [5.74, 6) is 0.575. The van der Waals surface area contributed by atoms with Crippen LogP contribution in [-0.2, 0) is 4.79 Å². The van der Waals surface area contributed by atoms with Gasteiger partial charge in [-0.1, -0.05) is 40.5 Å². The first-order valence-corrected chi connectivity index (χ1v) is 7.07. The van der Waals surface area contributed by atoms with Crippen molar-refractivity contribution in [2.24, 2.45) is 17.6 Å². The van der Waals surface area contributed by atoms with Gasteiger partial charge in [0.1, 0.15) is 0 Å². The van der Waals surface area contributed by atoms with Crippen LogP contribution < -0.4 is 5.73 Å². The van der Waals surface area contributed by atoms with Crippen LogP contribution in [0.5, 0.6) is 0 Å². The van der Waals surface area contributed by atoms with Gasteiger partial charge in [0.05, 0.1) is 5.92 Å². The maximum absolute atomic E-state index is 12.4. The first-order chi connectivity index (χ1) is 8.08. The predicted molar refractivity (Wildman–Crippen MR) is 73.8 cm³/mol. The van der Waals surface area contributed by atoms with E-state index in [-0.39, 0.29) is 11.8 Å². The molecule has 0 fully saturated rings. The molecule has 0 radical (unpaired) electrons. The van der Waals surface area contributed by atoms with Crippen LogP contribution in [0, 0.1) is 11.8 Å². The minimum Gasteiger partial charge on any atom is -0.342 e. The summed E-state index contributed by atoms with van der Waals surface area (Å²) in [6.07, 6.45) is 4.44. The number of nitrogens with zero attached hydrogens (tertiary/aromatic N) is 1. The van der Waals surface area contributed by atoms with Crippen molar-refractivity contribution >= 4 is 5.91 Å². The Kier molecular flexibility index (Phi) is 9.14. The number of hydrogen-bond acceptors (Lipinski definition) is 2. The smallest absolute Gasteiger partial charge is 0.227 e. The molecule has 0 aromatic carbocycles. The summed E-state index contributed by atoms with van der Waals surface area (Å²) < 4.78 is 0. The highest BCUT2D eigenvalue weighted by atomic mass is 16.2. The number of hydrogen-bond donors (Lipinski definition) is 1. The van der Waals surface area contributed by atoms with E-state index in [1.807, 2.05) is 4.90 Å². The van der Waals surface area contributed by atoms with Crippen LogP contribution in [-0.4, -0.2) is 30.4 Å². The lowest BCUT2D eigenvalue weighted by Gasteiger charge is -2.28. The van der Waals surface area contributed by atoms with Gasteiger partial charge in [-0.2, -0.15) is 0 Å². The number of nitrogens with two attached hydrogens (primary N) is 1. The zero-order chi connectivity index (χ0) is 13.3. The molecule has 2 N–H and O–H groups in total. The van der Waals surface area contributed by atoms with E-state index in [0.717, 1.165) is 38.8 Å². The summed E-state index contributed by atoms with van der Waals surface area (Å²) in [5, 5.41) is 0. The van der Waals surface area contributed by atoms with Gasteiger partial charge in [0.25, 0.3) is 0 Å². The summed E-state index contributed by atoms with van der Waals surface area (Å²) in [5.41, 5.74) is 5.72. The number of rotatable bonds is 9. The minimum absolute atomic E-state index is 0.0105. The molecule has 1 unspecified atom stereocenters. The molecule has 17 heavy (non-hydrogen) atoms. The Morgan fingerprint density at radius 1 is 1.12 bits per heavy atom. The van der Waals surface area contributed by atoms with Crippen molar-refractivity contribution in [3.63, 3.8) is 0 Å². The van der Waals surface area contributed by atoms with E-state index in [1.54, 1.807) is 0 Å². The van der Waals surface area contributed by atoms with Crippen LogP contribution in [0.4, 0.5) is 0 Å². The van der Waals surface area contributed by atoms with Gasteiger partial charge in [-0.25, -0.2) is 0 Å². The molecule has 0 aliphatic carbocycles. The quantitative estimate of drug-likeness (QED) is 0.675. The molecule has 1 atom stereocenters. The first kappa shape index (κ1) is 16.4. The van der Waals surface area contributed by atoms with E-state index < -0.39 is 0 Å². The molecule has 0 saturated heterocycles. The fraction of sp³-hybridized carbons (Fsp3) is 0.929. The third-order valence-electron chi connectivity index (χ3n) is 3.25. The van der Waals surface area contributed by atoms with Crippen LogP contribution in [0.25, 0.3) is 0 Å². The Labute approximate surface area is 107 Å². The van der Waals surface area contributed by atoms with Crippen LogP contribution >= 0.6 is 0 Å². The molecule has 0 aromatic rings. The van der Waals surface area contributed by atoms with Crippen LogP contribution in [0.3, 0.4) is 0 Å². The third kappa shape index (κ3) is 6.06. The molecular weight excluding hydrogens is 212 g/mol. The number of unbranched alkanes of at least 4 members (excludes halogenated alkanes) is 2. The number of carbonyl (C=O) groups excluding carboxylic acids is 1. The topological polar surface area (TPSA) is 46.3 Å². The summed E-state index contributed by atoms with van der Waals surface area (Å²) in [6.45, 7) is 10.7. The highest BCUT2D eigenvalue weighted by Crippen LogP contribution is 2.14. The lowest BCUT2D eigenvalue weighted by atomic mass is 9.94. The van der Waals surface area contributed by atoms with Crippen LogP contribution in [0.2, 0.25) is 0 Å². The number of amides is 1. The molecule has 102 valence electrons. The number of carbonyl (C=O) groups is 1. The van der Waals surface area contributed by atoms with Crippen molar-refractivity contribution in [3.05, 3.63) is 0 Å². The van der Waals surface area contributed by atoms with Gasteiger partial charge in [0.15, 0.2) is 0 Å². The Bertz CT molecular complexity index is 196. The molecule has 0 aromatic heterocycles. The third-order valence-corrected chi connectivity index (χ3v) is 3.25. The average Bonchev–Trinajstić information content (AvgIpc) is 2.29. The summed E-state index contributed by atoms with van der Waals surface area (Å²) in [7, 11) is 0. The normalized spacial score (nSPS) is 12.8. The Morgan fingerprint density at radius 3 is 1.88 bits per heavy atom. The largest absolute Gasteiger partial charge is 0.342 e. The van der Waals surface area contributed by atoms with Gasteiger partial charge < -0.3 is 10.6 Å². The summed E-state index contributed by atoms with van der Waals surface area (Å²) >= 11 is 0. The summed E-state index contributed by atoms with van der Waals surface area (Å²) in [6, 6.07) is 0. The highest BCUT2D eigenvalue weighted by molar-refractivity contribution is 5.79. The van der Waals surface area contributed by atoms with Crippen molar-refractivity contribution in [1.82, 2.24) is 4.90 Å². The second-order valence-electron chi connectivity index (χ2n) is 5.12. The molecule has 0 aliphatic heterocycles. The lowest BCUT2D eigenvalue weighted by Crippen LogP contribution is -2.42. The molecule has 1 amide bonds. The lowest BCUT2D eigenvalue weighted by molar-refractivity contribution is -0.136. The Hall–Kier alpha value is -0.570. The standard InChI is InChI=1S/C14H30N2O/c1-5-7-9-16(10-8-6-2)14(17)13(11-15)12(3)4/h12-13H,5-11,15H2,1-4H3. The Morgan fingerprint density at radius 2 is 1.59 bits per heavy atom. The van der Waals surface area contributed by atoms with Crippen molar-refractivity contribution in [1.29, 1.82) is 0 Å². The van der Waals surface area contributed by atoms with Crippen molar-refractivity contribution < 1.29 is 4.79 Å². The van der Waals surface area contributed by atoms with E-state index >= 15 is 0 Å².